The summed E-state index contributed by atoms with van der Waals surface area (Å²) >= 11 is 1.87. The summed E-state index contributed by atoms with van der Waals surface area (Å²) < 4.78 is 3.83. The molecule has 0 fully saturated rings. The number of benzene rings is 6. The Morgan fingerprint density at radius 1 is 0.596 bits per heavy atom. The molecule has 0 bridgehead atoms. The maximum absolute atomic E-state index is 5.36. The Balaban J connectivity index is 1.15. The zero-order chi connectivity index (χ0) is 37.9. The van der Waals surface area contributed by atoms with Crippen LogP contribution in [0.5, 0.6) is 0 Å². The molecule has 0 amide bonds. The Bertz CT molecular complexity index is 2940. The summed E-state index contributed by atoms with van der Waals surface area (Å²) in [6.07, 6.45) is 8.19. The van der Waals surface area contributed by atoms with Gasteiger partial charge in [-0.2, -0.15) is 0 Å². The van der Waals surface area contributed by atoms with Gasteiger partial charge in [0.15, 0.2) is 11.6 Å². The van der Waals surface area contributed by atoms with Crippen molar-refractivity contribution >= 4 is 50.2 Å². The van der Waals surface area contributed by atoms with Crippen LogP contribution in [0, 0.1) is 5.92 Å². The van der Waals surface area contributed by atoms with Gasteiger partial charge in [-0.15, -0.1) is 11.3 Å². The maximum atomic E-state index is 5.36. The van der Waals surface area contributed by atoms with Gasteiger partial charge < -0.3 is 4.57 Å². The van der Waals surface area contributed by atoms with E-state index in [-0.39, 0.29) is 11.8 Å². The third-order valence-electron chi connectivity index (χ3n) is 11.8. The predicted octanol–water partition coefficient (Wildman–Crippen LogP) is 13.2. The minimum absolute atomic E-state index is 0.0361. The van der Waals surface area contributed by atoms with Gasteiger partial charge in [0.25, 0.3) is 0 Å². The van der Waals surface area contributed by atoms with Crippen LogP contribution in [0.1, 0.15) is 51.8 Å². The van der Waals surface area contributed by atoms with E-state index < -0.39 is 0 Å². The van der Waals surface area contributed by atoms with Crippen molar-refractivity contribution in [1.29, 1.82) is 0 Å². The van der Waals surface area contributed by atoms with Gasteiger partial charge in [0.05, 0.1) is 11.4 Å². The molecular weight excluding hydrogens is 713 g/mol. The number of fused-ring (bicyclic) bond motifs is 6. The van der Waals surface area contributed by atoms with Crippen LogP contribution in [0.3, 0.4) is 0 Å². The van der Waals surface area contributed by atoms with Gasteiger partial charge in [0, 0.05) is 54.7 Å². The summed E-state index contributed by atoms with van der Waals surface area (Å²) in [7, 11) is 0. The van der Waals surface area contributed by atoms with Crippen LogP contribution in [0.4, 0.5) is 0 Å². The van der Waals surface area contributed by atoms with Gasteiger partial charge in [-0.05, 0) is 64.6 Å². The van der Waals surface area contributed by atoms with Gasteiger partial charge in [0.1, 0.15) is 5.82 Å². The molecule has 0 aliphatic heterocycles. The van der Waals surface area contributed by atoms with E-state index in [1.807, 2.05) is 23.5 Å². The standard InChI is InChI=1S/C52H38N4S/c1-33-46(56-44-28-26-38(34-16-6-2-7-17-34)30-41(44)42-31-39(27-29-45(42)56)35-18-8-3-9-19-35)32-43-40-24-14-15-25-47(40)57-49(43)48(33)52-54-50(36-20-10-4-11-21-36)53-51(55-52)37-22-12-5-13-23-37/h2-30,32-33,39,48H,31H2,1H3. The lowest BCUT2D eigenvalue weighted by Gasteiger charge is -2.32. The zero-order valence-corrected chi connectivity index (χ0v) is 32.3. The number of hydrogen-bond acceptors (Lipinski definition) is 4. The highest BCUT2D eigenvalue weighted by molar-refractivity contribution is 7.19. The normalized spacial score (nSPS) is 17.4. The third kappa shape index (κ3) is 5.77. The molecule has 4 nitrogen and oxygen atoms in total. The fourth-order valence-corrected chi connectivity index (χ4v) is 10.4. The van der Waals surface area contributed by atoms with Gasteiger partial charge in [0.2, 0.25) is 0 Å². The minimum atomic E-state index is -0.105. The molecule has 0 saturated heterocycles. The lowest BCUT2D eigenvalue weighted by atomic mass is 9.81. The molecule has 3 heterocycles. The van der Waals surface area contributed by atoms with Crippen molar-refractivity contribution < 1.29 is 0 Å². The predicted molar refractivity (Wildman–Crippen MR) is 237 cm³/mol. The topological polar surface area (TPSA) is 43.6 Å². The van der Waals surface area contributed by atoms with E-state index in [0.29, 0.717) is 17.6 Å². The summed E-state index contributed by atoms with van der Waals surface area (Å²) in [4.78, 5) is 17.1. The highest BCUT2D eigenvalue weighted by Crippen LogP contribution is 2.52. The van der Waals surface area contributed by atoms with Crippen molar-refractivity contribution in [2.75, 3.05) is 0 Å². The number of aromatic nitrogens is 4. The first kappa shape index (κ1) is 33.6. The van der Waals surface area contributed by atoms with Crippen LogP contribution < -0.4 is 0 Å². The summed E-state index contributed by atoms with van der Waals surface area (Å²) in [6.45, 7) is 2.37. The summed E-state index contributed by atoms with van der Waals surface area (Å²) in [5.41, 5.74) is 12.1. The number of hydrogen-bond donors (Lipinski definition) is 0. The molecule has 11 rings (SSSR count). The minimum Gasteiger partial charge on any atom is -0.313 e. The Kier molecular flexibility index (Phi) is 8.14. The number of nitrogens with zero attached hydrogens (tertiary/aromatic N) is 4. The lowest BCUT2D eigenvalue weighted by Crippen LogP contribution is -2.23. The molecule has 6 aromatic carbocycles. The molecule has 57 heavy (non-hydrogen) atoms. The SMILES string of the molecule is CC1C(n2c3c(c4cc(-c5ccccc5)ccc42)CC(c2ccccc2)C=C3)=Cc2c(sc3ccccc23)C1c1nc(-c2ccccc2)nc(-c2ccccc2)n1. The molecule has 2 aliphatic carbocycles. The molecule has 2 aliphatic rings. The third-order valence-corrected chi connectivity index (χ3v) is 13.1. The van der Waals surface area contributed by atoms with Crippen molar-refractivity contribution in [3.8, 4) is 33.9 Å². The van der Waals surface area contributed by atoms with Crippen LogP contribution >= 0.6 is 11.3 Å². The van der Waals surface area contributed by atoms with E-state index in [1.54, 1.807) is 0 Å². The largest absolute Gasteiger partial charge is 0.313 e. The van der Waals surface area contributed by atoms with Crippen LogP contribution in [-0.4, -0.2) is 19.5 Å². The molecule has 9 aromatic rings. The van der Waals surface area contributed by atoms with Crippen LogP contribution in [0.25, 0.3) is 72.7 Å². The highest BCUT2D eigenvalue weighted by atomic mass is 32.1. The smallest absolute Gasteiger partial charge is 0.163 e. The first-order valence-corrected chi connectivity index (χ1v) is 20.6. The van der Waals surface area contributed by atoms with Crippen molar-refractivity contribution in [2.45, 2.75) is 25.2 Å². The van der Waals surface area contributed by atoms with Crippen molar-refractivity contribution in [3.05, 3.63) is 203 Å². The average molecular weight is 751 g/mol. The van der Waals surface area contributed by atoms with E-state index in [2.05, 4.69) is 181 Å². The Hall–Kier alpha value is -6.69. The van der Waals surface area contributed by atoms with E-state index in [4.69, 9.17) is 15.0 Å². The van der Waals surface area contributed by atoms with E-state index in [9.17, 15) is 0 Å². The van der Waals surface area contributed by atoms with Crippen LogP contribution in [0.15, 0.2) is 170 Å². The Morgan fingerprint density at radius 2 is 1.21 bits per heavy atom. The molecule has 272 valence electrons. The Morgan fingerprint density at radius 3 is 1.89 bits per heavy atom. The summed E-state index contributed by atoms with van der Waals surface area (Å²) in [6, 6.07) is 58.2. The van der Waals surface area contributed by atoms with E-state index >= 15 is 0 Å². The number of rotatable bonds is 6. The van der Waals surface area contributed by atoms with Gasteiger partial charge in [-0.25, -0.2) is 15.0 Å². The fraction of sp³-hybridized carbons (Fsp3) is 0.0962. The monoisotopic (exact) mass is 750 g/mol. The molecule has 3 unspecified atom stereocenters. The van der Waals surface area contributed by atoms with Gasteiger partial charge >= 0.3 is 0 Å². The average Bonchev–Trinajstić information content (AvgIpc) is 3.81. The quantitative estimate of drug-likeness (QED) is 0.170. The first-order chi connectivity index (χ1) is 28.2. The molecule has 5 heteroatoms. The second-order valence-corrected chi connectivity index (χ2v) is 16.2. The fourth-order valence-electron chi connectivity index (χ4n) is 8.99. The first-order valence-electron chi connectivity index (χ1n) is 19.7. The molecule has 0 spiro atoms. The molecule has 0 radical (unpaired) electrons. The molecule has 3 atom stereocenters. The maximum Gasteiger partial charge on any atom is 0.163 e. The number of thiophene rings is 1. The molecule has 3 aromatic heterocycles. The number of allylic oxidation sites excluding steroid dienone is 2. The van der Waals surface area contributed by atoms with Gasteiger partial charge in [-0.3, -0.25) is 0 Å². The summed E-state index contributed by atoms with van der Waals surface area (Å²) in [5.74, 6) is 2.41. The van der Waals surface area contributed by atoms with Crippen molar-refractivity contribution in [2.24, 2.45) is 5.92 Å². The lowest BCUT2D eigenvalue weighted by molar-refractivity contribution is 0.589. The molecule has 0 N–H and O–H groups in total. The van der Waals surface area contributed by atoms with Gasteiger partial charge in [-0.1, -0.05) is 159 Å². The van der Waals surface area contributed by atoms with E-state index in [0.717, 1.165) is 23.4 Å². The van der Waals surface area contributed by atoms with Crippen LogP contribution in [-0.2, 0) is 6.42 Å². The van der Waals surface area contributed by atoms with E-state index in [1.165, 1.54) is 65.1 Å². The van der Waals surface area contributed by atoms with Crippen molar-refractivity contribution in [1.82, 2.24) is 19.5 Å². The molecule has 0 saturated carbocycles. The molecular formula is C52H38N4S. The van der Waals surface area contributed by atoms with Crippen LogP contribution in [0.2, 0.25) is 0 Å². The second-order valence-electron chi connectivity index (χ2n) is 15.2. The zero-order valence-electron chi connectivity index (χ0n) is 31.5. The summed E-state index contributed by atoms with van der Waals surface area (Å²) in [5, 5.41) is 2.57. The Labute approximate surface area is 336 Å². The van der Waals surface area contributed by atoms with Crippen molar-refractivity contribution in [3.63, 3.8) is 0 Å². The highest BCUT2D eigenvalue weighted by Gasteiger charge is 2.38. The second kappa shape index (κ2) is 13.8.